The molecular formula is C22H27N. The predicted octanol–water partition coefficient (Wildman–Crippen LogP) is 5.19. The Labute approximate surface area is 140 Å². The monoisotopic (exact) mass is 305 g/mol. The summed E-state index contributed by atoms with van der Waals surface area (Å²) in [4.78, 5) is 2.59. The fourth-order valence-corrected chi connectivity index (χ4v) is 3.58. The number of rotatable bonds is 5. The van der Waals surface area contributed by atoms with Crippen LogP contribution in [0.25, 0.3) is 6.08 Å². The Morgan fingerprint density at radius 1 is 0.957 bits per heavy atom. The van der Waals surface area contributed by atoms with Gasteiger partial charge in [0, 0.05) is 12.1 Å². The van der Waals surface area contributed by atoms with Crippen LogP contribution >= 0.6 is 0 Å². The molecule has 0 spiro atoms. The first-order valence-corrected chi connectivity index (χ1v) is 8.82. The second kappa shape index (κ2) is 8.12. The predicted molar refractivity (Wildman–Crippen MR) is 99.4 cm³/mol. The summed E-state index contributed by atoms with van der Waals surface area (Å²) in [6.07, 6.45) is 11.1. The lowest BCUT2D eigenvalue weighted by Gasteiger charge is -2.38. The third-order valence-electron chi connectivity index (χ3n) is 5.06. The lowest BCUT2D eigenvalue weighted by molar-refractivity contribution is 0.136. The van der Waals surface area contributed by atoms with Gasteiger partial charge < -0.3 is 0 Å². The van der Waals surface area contributed by atoms with E-state index in [1.54, 1.807) is 0 Å². The smallest absolute Gasteiger partial charge is 0.0281 e. The van der Waals surface area contributed by atoms with Crippen molar-refractivity contribution in [3.05, 3.63) is 77.9 Å². The number of hydrogen-bond donors (Lipinski definition) is 0. The van der Waals surface area contributed by atoms with Gasteiger partial charge in [0.2, 0.25) is 0 Å². The molecule has 1 aliphatic rings. The topological polar surface area (TPSA) is 3.24 Å². The number of aryl methyl sites for hydroxylation is 1. The molecule has 0 bridgehead atoms. The molecule has 0 saturated carbocycles. The Balaban J connectivity index is 1.57. The standard InChI is InChI=1S/C22H27N/c1-23-21(17-15-19-9-4-2-5-10-19)13-8-14-22(23)18-16-20-11-6-3-7-12-20/h2-7,9-12,15,17,21-22H,8,13-14,16,18H2,1H3/t21-,22+/m1/s1. The summed E-state index contributed by atoms with van der Waals surface area (Å²) < 4.78 is 0. The van der Waals surface area contributed by atoms with Gasteiger partial charge in [0.15, 0.2) is 0 Å². The van der Waals surface area contributed by atoms with Crippen LogP contribution in [0.1, 0.15) is 36.8 Å². The van der Waals surface area contributed by atoms with Crippen molar-refractivity contribution in [2.45, 2.75) is 44.2 Å². The zero-order chi connectivity index (χ0) is 15.9. The highest BCUT2D eigenvalue weighted by Crippen LogP contribution is 2.25. The quantitative estimate of drug-likeness (QED) is 0.735. The molecule has 1 heteroatoms. The van der Waals surface area contributed by atoms with E-state index in [1.165, 1.54) is 43.2 Å². The molecule has 1 aliphatic heterocycles. The molecule has 1 saturated heterocycles. The van der Waals surface area contributed by atoms with Crippen molar-refractivity contribution in [1.29, 1.82) is 0 Å². The summed E-state index contributed by atoms with van der Waals surface area (Å²) in [7, 11) is 2.30. The molecule has 0 unspecified atom stereocenters. The van der Waals surface area contributed by atoms with E-state index in [1.807, 2.05) is 0 Å². The third kappa shape index (κ3) is 4.56. The van der Waals surface area contributed by atoms with Crippen LogP contribution in [0.15, 0.2) is 66.7 Å². The Morgan fingerprint density at radius 2 is 1.65 bits per heavy atom. The molecule has 0 aliphatic carbocycles. The number of hydrogen-bond acceptors (Lipinski definition) is 1. The average Bonchev–Trinajstić information content (AvgIpc) is 2.61. The molecule has 0 radical (unpaired) electrons. The van der Waals surface area contributed by atoms with Crippen LogP contribution in [0.2, 0.25) is 0 Å². The number of piperidine rings is 1. The summed E-state index contributed by atoms with van der Waals surface area (Å²) in [6, 6.07) is 22.8. The molecule has 2 aromatic rings. The van der Waals surface area contributed by atoms with Crippen LogP contribution in [0.3, 0.4) is 0 Å². The average molecular weight is 305 g/mol. The highest BCUT2D eigenvalue weighted by atomic mass is 15.2. The Morgan fingerprint density at radius 3 is 2.39 bits per heavy atom. The van der Waals surface area contributed by atoms with Crippen LogP contribution < -0.4 is 0 Å². The van der Waals surface area contributed by atoms with E-state index in [0.29, 0.717) is 12.1 Å². The molecular weight excluding hydrogens is 278 g/mol. The van der Waals surface area contributed by atoms with E-state index in [2.05, 4.69) is 84.8 Å². The second-order valence-electron chi connectivity index (χ2n) is 6.61. The van der Waals surface area contributed by atoms with Gasteiger partial charge >= 0.3 is 0 Å². The zero-order valence-corrected chi connectivity index (χ0v) is 14.1. The molecule has 23 heavy (non-hydrogen) atoms. The maximum absolute atomic E-state index is 2.59. The summed E-state index contributed by atoms with van der Waals surface area (Å²) in [5.41, 5.74) is 2.76. The summed E-state index contributed by atoms with van der Waals surface area (Å²) >= 11 is 0. The highest BCUT2D eigenvalue weighted by molar-refractivity contribution is 5.49. The summed E-state index contributed by atoms with van der Waals surface area (Å²) in [5, 5.41) is 0. The number of likely N-dealkylation sites (tertiary alicyclic amines) is 1. The van der Waals surface area contributed by atoms with Gasteiger partial charge in [-0.15, -0.1) is 0 Å². The van der Waals surface area contributed by atoms with Gasteiger partial charge in [-0.2, -0.15) is 0 Å². The van der Waals surface area contributed by atoms with Crippen LogP contribution in [-0.2, 0) is 6.42 Å². The van der Waals surface area contributed by atoms with E-state index in [9.17, 15) is 0 Å². The lowest BCUT2D eigenvalue weighted by atomic mass is 9.91. The Bertz CT molecular complexity index is 602. The van der Waals surface area contributed by atoms with Crippen LogP contribution in [-0.4, -0.2) is 24.0 Å². The maximum atomic E-state index is 2.59. The molecule has 1 heterocycles. The molecule has 2 aromatic carbocycles. The van der Waals surface area contributed by atoms with Gasteiger partial charge in [-0.25, -0.2) is 0 Å². The number of benzene rings is 2. The van der Waals surface area contributed by atoms with Crippen LogP contribution in [0.5, 0.6) is 0 Å². The van der Waals surface area contributed by atoms with Gasteiger partial charge in [-0.05, 0) is 43.9 Å². The van der Waals surface area contributed by atoms with Gasteiger partial charge in [0.25, 0.3) is 0 Å². The minimum atomic E-state index is 0.574. The van der Waals surface area contributed by atoms with Gasteiger partial charge in [-0.3, -0.25) is 4.90 Å². The van der Waals surface area contributed by atoms with E-state index >= 15 is 0 Å². The van der Waals surface area contributed by atoms with Crippen LogP contribution in [0, 0.1) is 0 Å². The fraction of sp³-hybridized carbons (Fsp3) is 0.364. The molecule has 3 rings (SSSR count). The van der Waals surface area contributed by atoms with E-state index in [-0.39, 0.29) is 0 Å². The summed E-state index contributed by atoms with van der Waals surface area (Å²) in [5.74, 6) is 0. The maximum Gasteiger partial charge on any atom is 0.0281 e. The number of likely N-dealkylation sites (N-methyl/N-ethyl adjacent to an activating group) is 1. The van der Waals surface area contributed by atoms with Crippen molar-refractivity contribution in [1.82, 2.24) is 4.90 Å². The van der Waals surface area contributed by atoms with Crippen LogP contribution in [0.4, 0.5) is 0 Å². The van der Waals surface area contributed by atoms with Crippen molar-refractivity contribution < 1.29 is 0 Å². The van der Waals surface area contributed by atoms with Gasteiger partial charge in [0.05, 0.1) is 0 Å². The lowest BCUT2D eigenvalue weighted by Crippen LogP contribution is -2.43. The second-order valence-corrected chi connectivity index (χ2v) is 6.61. The third-order valence-corrected chi connectivity index (χ3v) is 5.06. The van der Waals surface area contributed by atoms with Crippen molar-refractivity contribution in [2.75, 3.05) is 7.05 Å². The first-order valence-electron chi connectivity index (χ1n) is 8.82. The summed E-state index contributed by atoms with van der Waals surface area (Å²) in [6.45, 7) is 0. The molecule has 0 N–H and O–H groups in total. The largest absolute Gasteiger partial charge is 0.297 e. The fourth-order valence-electron chi connectivity index (χ4n) is 3.58. The highest BCUT2D eigenvalue weighted by Gasteiger charge is 2.25. The Hall–Kier alpha value is -1.86. The van der Waals surface area contributed by atoms with Gasteiger partial charge in [-0.1, -0.05) is 79.2 Å². The van der Waals surface area contributed by atoms with Crippen molar-refractivity contribution >= 4 is 6.08 Å². The Kier molecular flexibility index (Phi) is 5.65. The molecule has 0 amide bonds. The SMILES string of the molecule is CN1[C@H](CCc2ccccc2)CCC[C@@H]1C=Cc1ccccc1. The first-order chi connectivity index (χ1) is 11.3. The molecule has 0 aromatic heterocycles. The normalized spacial score (nSPS) is 22.5. The molecule has 1 fully saturated rings. The van der Waals surface area contributed by atoms with E-state index in [4.69, 9.17) is 0 Å². The number of nitrogens with zero attached hydrogens (tertiary/aromatic N) is 1. The molecule has 2 atom stereocenters. The molecule has 120 valence electrons. The van der Waals surface area contributed by atoms with E-state index < -0.39 is 0 Å². The minimum absolute atomic E-state index is 0.574. The minimum Gasteiger partial charge on any atom is -0.297 e. The van der Waals surface area contributed by atoms with Crippen molar-refractivity contribution in [2.24, 2.45) is 0 Å². The van der Waals surface area contributed by atoms with Crippen molar-refractivity contribution in [3.63, 3.8) is 0 Å². The van der Waals surface area contributed by atoms with Crippen molar-refractivity contribution in [3.8, 4) is 0 Å². The van der Waals surface area contributed by atoms with Gasteiger partial charge in [0.1, 0.15) is 0 Å². The molecule has 1 nitrogen and oxygen atoms in total. The van der Waals surface area contributed by atoms with E-state index in [0.717, 1.165) is 0 Å². The first kappa shape index (κ1) is 16.0. The zero-order valence-electron chi connectivity index (χ0n) is 14.1.